The Balaban J connectivity index is 2.02. The predicted octanol–water partition coefficient (Wildman–Crippen LogP) is 3.57. The lowest BCUT2D eigenvalue weighted by atomic mass is 9.81. The summed E-state index contributed by atoms with van der Waals surface area (Å²) in [6, 6.07) is 1.96. The first kappa shape index (κ1) is 11.0. The van der Waals surface area contributed by atoms with Crippen LogP contribution in [0.3, 0.4) is 0 Å². The molecule has 0 spiro atoms. The van der Waals surface area contributed by atoms with Crippen molar-refractivity contribution in [2.24, 2.45) is 5.92 Å². The molecule has 90 valence electrons. The molecule has 0 radical (unpaired) electrons. The fourth-order valence-corrected chi connectivity index (χ4v) is 3.96. The van der Waals surface area contributed by atoms with Crippen LogP contribution in [0.25, 0.3) is 10.2 Å². The lowest BCUT2D eigenvalue weighted by Gasteiger charge is -2.26. The summed E-state index contributed by atoms with van der Waals surface area (Å²) in [5.41, 5.74) is 6.90. The van der Waals surface area contributed by atoms with Crippen LogP contribution in [-0.4, -0.2) is 9.97 Å². The van der Waals surface area contributed by atoms with E-state index in [1.165, 1.54) is 30.7 Å². The van der Waals surface area contributed by atoms with Crippen molar-refractivity contribution in [2.75, 3.05) is 5.73 Å². The third-order valence-corrected chi connectivity index (χ3v) is 5.00. The van der Waals surface area contributed by atoms with E-state index in [1.807, 2.05) is 6.07 Å². The zero-order valence-electron chi connectivity index (χ0n) is 10.0. The molecular weight excluding hydrogens is 230 g/mol. The lowest BCUT2D eigenvalue weighted by Crippen LogP contribution is -2.14. The van der Waals surface area contributed by atoms with Gasteiger partial charge in [0.05, 0.1) is 15.2 Å². The lowest BCUT2D eigenvalue weighted by molar-refractivity contribution is 0.330. The van der Waals surface area contributed by atoms with E-state index in [1.54, 1.807) is 17.5 Å². The van der Waals surface area contributed by atoms with E-state index in [9.17, 15) is 0 Å². The molecule has 2 atom stereocenters. The van der Waals surface area contributed by atoms with Crippen molar-refractivity contribution in [1.82, 2.24) is 9.97 Å². The Hall–Kier alpha value is -1.16. The number of nitrogen functional groups attached to an aromatic ring is 1. The van der Waals surface area contributed by atoms with Crippen LogP contribution in [-0.2, 0) is 0 Å². The monoisotopic (exact) mass is 247 g/mol. The average Bonchev–Trinajstić information content (AvgIpc) is 2.75. The summed E-state index contributed by atoms with van der Waals surface area (Å²) in [6.07, 6.45) is 7.04. The minimum absolute atomic E-state index is 0.620. The van der Waals surface area contributed by atoms with E-state index in [4.69, 9.17) is 10.7 Å². The van der Waals surface area contributed by atoms with Crippen LogP contribution in [0.15, 0.2) is 12.3 Å². The highest BCUT2D eigenvalue weighted by Crippen LogP contribution is 2.41. The van der Waals surface area contributed by atoms with Crippen LogP contribution in [0, 0.1) is 5.92 Å². The molecule has 0 saturated heterocycles. The molecule has 1 saturated carbocycles. The number of nitrogens with two attached hydrogens (primary N) is 1. The van der Waals surface area contributed by atoms with Crippen molar-refractivity contribution in [1.29, 1.82) is 0 Å². The van der Waals surface area contributed by atoms with Crippen LogP contribution in [0.4, 0.5) is 5.82 Å². The summed E-state index contributed by atoms with van der Waals surface area (Å²) in [5.74, 6) is 1.99. The second-order valence-corrected chi connectivity index (χ2v) is 6.00. The SMILES string of the molecule is C[C@@H]1CCCC[C@H]1c1nc2ccnc(N)c2s1. The van der Waals surface area contributed by atoms with E-state index >= 15 is 0 Å². The first-order chi connectivity index (χ1) is 8.25. The molecule has 3 nitrogen and oxygen atoms in total. The Labute approximate surface area is 105 Å². The van der Waals surface area contributed by atoms with Crippen LogP contribution in [0.5, 0.6) is 0 Å². The van der Waals surface area contributed by atoms with E-state index in [-0.39, 0.29) is 0 Å². The highest BCUT2D eigenvalue weighted by molar-refractivity contribution is 7.19. The molecule has 1 aliphatic rings. The topological polar surface area (TPSA) is 51.8 Å². The van der Waals surface area contributed by atoms with Crippen LogP contribution < -0.4 is 5.73 Å². The number of thiazole rings is 1. The summed E-state index contributed by atoms with van der Waals surface area (Å²) in [4.78, 5) is 8.88. The van der Waals surface area contributed by atoms with Gasteiger partial charge >= 0.3 is 0 Å². The summed E-state index contributed by atoms with van der Waals surface area (Å²) in [7, 11) is 0. The Bertz CT molecular complexity index is 534. The predicted molar refractivity (Wildman–Crippen MR) is 72.2 cm³/mol. The quantitative estimate of drug-likeness (QED) is 0.838. The van der Waals surface area contributed by atoms with Gasteiger partial charge in [-0.1, -0.05) is 26.2 Å². The fourth-order valence-electron chi connectivity index (χ4n) is 2.73. The van der Waals surface area contributed by atoms with Gasteiger partial charge in [-0.05, 0) is 18.4 Å². The number of anilines is 1. The van der Waals surface area contributed by atoms with Crippen LogP contribution in [0.2, 0.25) is 0 Å². The first-order valence-corrected chi connectivity index (χ1v) is 7.08. The van der Waals surface area contributed by atoms with E-state index in [2.05, 4.69) is 11.9 Å². The Morgan fingerprint density at radius 1 is 1.35 bits per heavy atom. The van der Waals surface area contributed by atoms with Crippen LogP contribution >= 0.6 is 11.3 Å². The number of hydrogen-bond donors (Lipinski definition) is 1. The Morgan fingerprint density at radius 3 is 2.94 bits per heavy atom. The van der Waals surface area contributed by atoms with Gasteiger partial charge < -0.3 is 5.73 Å². The minimum Gasteiger partial charge on any atom is -0.382 e. The Kier molecular flexibility index (Phi) is 2.74. The van der Waals surface area contributed by atoms with Crippen molar-refractivity contribution in [3.8, 4) is 0 Å². The molecule has 0 bridgehead atoms. The van der Waals surface area contributed by atoms with Crippen molar-refractivity contribution in [3.63, 3.8) is 0 Å². The molecule has 2 heterocycles. The molecule has 0 aromatic carbocycles. The zero-order chi connectivity index (χ0) is 11.8. The van der Waals surface area contributed by atoms with Crippen molar-refractivity contribution in [3.05, 3.63) is 17.3 Å². The third-order valence-electron chi connectivity index (χ3n) is 3.78. The number of aromatic nitrogens is 2. The highest BCUT2D eigenvalue weighted by Gasteiger charge is 2.26. The van der Waals surface area contributed by atoms with Gasteiger partial charge in [0.15, 0.2) is 0 Å². The molecule has 2 aromatic heterocycles. The van der Waals surface area contributed by atoms with Gasteiger partial charge in [-0.25, -0.2) is 9.97 Å². The van der Waals surface area contributed by atoms with E-state index in [0.29, 0.717) is 11.7 Å². The summed E-state index contributed by atoms with van der Waals surface area (Å²) in [6.45, 7) is 2.34. The summed E-state index contributed by atoms with van der Waals surface area (Å²) in [5, 5.41) is 1.26. The molecule has 17 heavy (non-hydrogen) atoms. The second-order valence-electron chi connectivity index (χ2n) is 4.96. The van der Waals surface area contributed by atoms with Gasteiger partial charge in [-0.15, -0.1) is 11.3 Å². The maximum absolute atomic E-state index is 5.89. The smallest absolute Gasteiger partial charge is 0.143 e. The first-order valence-electron chi connectivity index (χ1n) is 6.26. The van der Waals surface area contributed by atoms with Gasteiger partial charge in [0.25, 0.3) is 0 Å². The second kappa shape index (κ2) is 4.26. The maximum Gasteiger partial charge on any atom is 0.143 e. The number of fused-ring (bicyclic) bond motifs is 1. The van der Waals surface area contributed by atoms with Gasteiger partial charge in [0.1, 0.15) is 5.82 Å². The normalized spacial score (nSPS) is 25.2. The third kappa shape index (κ3) is 1.90. The fraction of sp³-hybridized carbons (Fsp3) is 0.538. The summed E-state index contributed by atoms with van der Waals surface area (Å²) >= 11 is 1.74. The van der Waals surface area contributed by atoms with E-state index < -0.39 is 0 Å². The molecule has 1 fully saturated rings. The molecule has 0 amide bonds. The molecule has 2 aromatic rings. The Morgan fingerprint density at radius 2 is 2.18 bits per heavy atom. The molecule has 2 N–H and O–H groups in total. The average molecular weight is 247 g/mol. The minimum atomic E-state index is 0.620. The summed E-state index contributed by atoms with van der Waals surface area (Å²) < 4.78 is 1.06. The number of nitrogens with zero attached hydrogens (tertiary/aromatic N) is 2. The highest BCUT2D eigenvalue weighted by atomic mass is 32.1. The van der Waals surface area contributed by atoms with Crippen molar-refractivity contribution in [2.45, 2.75) is 38.5 Å². The van der Waals surface area contributed by atoms with Gasteiger partial charge in [-0.3, -0.25) is 0 Å². The van der Waals surface area contributed by atoms with E-state index in [0.717, 1.165) is 16.1 Å². The zero-order valence-corrected chi connectivity index (χ0v) is 10.8. The molecular formula is C13H17N3S. The van der Waals surface area contributed by atoms with Crippen molar-refractivity contribution >= 4 is 27.4 Å². The number of pyridine rings is 1. The maximum atomic E-state index is 5.89. The molecule has 3 rings (SSSR count). The molecule has 0 aliphatic heterocycles. The largest absolute Gasteiger partial charge is 0.382 e. The van der Waals surface area contributed by atoms with Gasteiger partial charge in [0, 0.05) is 12.1 Å². The van der Waals surface area contributed by atoms with Crippen LogP contribution in [0.1, 0.15) is 43.5 Å². The standard InChI is InChI=1S/C13H17N3S/c1-8-4-2-3-5-9(8)13-16-10-6-7-15-12(14)11(10)17-13/h6-9H,2-5H2,1H3,(H2,14,15)/t8-,9-/m1/s1. The molecule has 4 heteroatoms. The number of hydrogen-bond acceptors (Lipinski definition) is 4. The molecule has 0 unspecified atom stereocenters. The number of rotatable bonds is 1. The van der Waals surface area contributed by atoms with Gasteiger partial charge in [-0.2, -0.15) is 0 Å². The van der Waals surface area contributed by atoms with Crippen molar-refractivity contribution < 1.29 is 0 Å². The van der Waals surface area contributed by atoms with Gasteiger partial charge in [0.2, 0.25) is 0 Å². The molecule has 1 aliphatic carbocycles.